The van der Waals surface area contributed by atoms with Crippen LogP contribution in [0.1, 0.15) is 18.9 Å². The van der Waals surface area contributed by atoms with Crippen molar-refractivity contribution in [3.05, 3.63) is 29.8 Å². The zero-order chi connectivity index (χ0) is 19.2. The van der Waals surface area contributed by atoms with Gasteiger partial charge in [0.1, 0.15) is 0 Å². The molecule has 0 aliphatic carbocycles. The first-order valence-electron chi connectivity index (χ1n) is 8.92. The SMILES string of the molecule is CCNC(=NCc1ccc(S(=O)(=O)N(C)C)cc1)N1CCC(COC)C1.I. The van der Waals surface area contributed by atoms with E-state index in [9.17, 15) is 8.42 Å². The smallest absolute Gasteiger partial charge is 0.242 e. The van der Waals surface area contributed by atoms with Crippen LogP contribution < -0.4 is 5.32 Å². The molecule has 1 aliphatic heterocycles. The zero-order valence-electron chi connectivity index (χ0n) is 16.5. The molecule has 0 radical (unpaired) electrons. The lowest BCUT2D eigenvalue weighted by atomic mass is 10.1. The van der Waals surface area contributed by atoms with Gasteiger partial charge < -0.3 is 15.0 Å². The van der Waals surface area contributed by atoms with Gasteiger partial charge in [0.2, 0.25) is 10.0 Å². The van der Waals surface area contributed by atoms with Crippen molar-refractivity contribution >= 4 is 40.0 Å². The minimum Gasteiger partial charge on any atom is -0.384 e. The molecule has 1 aromatic rings. The summed E-state index contributed by atoms with van der Waals surface area (Å²) in [6.45, 7) is 6.07. The number of likely N-dealkylation sites (tertiary alicyclic amines) is 1. The fraction of sp³-hybridized carbons (Fsp3) is 0.611. The van der Waals surface area contributed by atoms with E-state index < -0.39 is 10.0 Å². The Labute approximate surface area is 180 Å². The number of sulfonamides is 1. The fourth-order valence-electron chi connectivity index (χ4n) is 2.97. The Hall–Kier alpha value is -0.910. The summed E-state index contributed by atoms with van der Waals surface area (Å²) in [5.74, 6) is 1.44. The van der Waals surface area contributed by atoms with Gasteiger partial charge in [-0.3, -0.25) is 0 Å². The first-order valence-corrected chi connectivity index (χ1v) is 10.4. The van der Waals surface area contributed by atoms with E-state index in [1.165, 1.54) is 18.4 Å². The highest BCUT2D eigenvalue weighted by atomic mass is 127. The maximum Gasteiger partial charge on any atom is 0.242 e. The van der Waals surface area contributed by atoms with Crippen LogP contribution in [-0.4, -0.2) is 71.0 Å². The van der Waals surface area contributed by atoms with Gasteiger partial charge in [-0.15, -0.1) is 24.0 Å². The number of halogens is 1. The molecule has 1 aliphatic rings. The highest BCUT2D eigenvalue weighted by Gasteiger charge is 2.24. The lowest BCUT2D eigenvalue weighted by molar-refractivity contribution is 0.157. The molecular formula is C18H31IN4O3S. The van der Waals surface area contributed by atoms with Crippen LogP contribution in [0.25, 0.3) is 0 Å². The van der Waals surface area contributed by atoms with Crippen LogP contribution in [0.15, 0.2) is 34.2 Å². The Kier molecular flexibility index (Phi) is 9.99. The Morgan fingerprint density at radius 2 is 2.00 bits per heavy atom. The molecule has 1 aromatic carbocycles. The van der Waals surface area contributed by atoms with Crippen molar-refractivity contribution in [2.75, 3.05) is 47.4 Å². The van der Waals surface area contributed by atoms with Crippen LogP contribution >= 0.6 is 24.0 Å². The highest BCUT2D eigenvalue weighted by Crippen LogP contribution is 2.17. The van der Waals surface area contributed by atoms with Crippen LogP contribution in [0.5, 0.6) is 0 Å². The van der Waals surface area contributed by atoms with Crippen molar-refractivity contribution in [2.45, 2.75) is 24.8 Å². The van der Waals surface area contributed by atoms with Crippen molar-refractivity contribution < 1.29 is 13.2 Å². The summed E-state index contributed by atoms with van der Waals surface area (Å²) in [6.07, 6.45) is 1.11. The summed E-state index contributed by atoms with van der Waals surface area (Å²) < 4.78 is 30.7. The predicted octanol–water partition coefficient (Wildman–Crippen LogP) is 1.99. The van der Waals surface area contributed by atoms with E-state index in [2.05, 4.69) is 17.1 Å². The van der Waals surface area contributed by atoms with Gasteiger partial charge in [0.15, 0.2) is 5.96 Å². The average Bonchev–Trinajstić information content (AvgIpc) is 3.07. The van der Waals surface area contributed by atoms with Crippen LogP contribution in [0.3, 0.4) is 0 Å². The molecule has 0 aromatic heterocycles. The molecule has 0 saturated carbocycles. The van der Waals surface area contributed by atoms with Crippen LogP contribution in [0, 0.1) is 5.92 Å². The standard InChI is InChI=1S/C18H30N4O3S.HI/c1-5-19-18(22-11-10-16(13-22)14-25-4)20-12-15-6-8-17(9-7-15)26(23,24)21(2)3;/h6-9,16H,5,10-14H2,1-4H3,(H,19,20);1H. The minimum atomic E-state index is -3.39. The Morgan fingerprint density at radius 3 is 2.56 bits per heavy atom. The lowest BCUT2D eigenvalue weighted by Gasteiger charge is -2.21. The quantitative estimate of drug-likeness (QED) is 0.345. The van der Waals surface area contributed by atoms with Crippen molar-refractivity contribution in [3.63, 3.8) is 0 Å². The second-order valence-electron chi connectivity index (χ2n) is 6.66. The third-order valence-corrected chi connectivity index (χ3v) is 6.27. The van der Waals surface area contributed by atoms with Gasteiger partial charge in [-0.25, -0.2) is 17.7 Å². The number of hydrogen-bond donors (Lipinski definition) is 1. The number of aliphatic imine (C=N–C) groups is 1. The number of nitrogens with zero attached hydrogens (tertiary/aromatic N) is 3. The largest absolute Gasteiger partial charge is 0.384 e. The summed E-state index contributed by atoms with van der Waals surface area (Å²) in [4.78, 5) is 7.28. The van der Waals surface area contributed by atoms with Gasteiger partial charge in [-0.1, -0.05) is 12.1 Å². The van der Waals surface area contributed by atoms with E-state index in [-0.39, 0.29) is 24.0 Å². The Morgan fingerprint density at radius 1 is 1.33 bits per heavy atom. The second kappa shape index (κ2) is 11.2. The van der Waals surface area contributed by atoms with Crippen molar-refractivity contribution in [1.82, 2.24) is 14.5 Å². The summed E-state index contributed by atoms with van der Waals surface area (Å²) >= 11 is 0. The molecule has 0 spiro atoms. The van der Waals surface area contributed by atoms with Crippen molar-refractivity contribution in [3.8, 4) is 0 Å². The summed E-state index contributed by atoms with van der Waals surface area (Å²) in [7, 11) is 1.41. The maximum atomic E-state index is 12.1. The van der Waals surface area contributed by atoms with E-state index in [4.69, 9.17) is 9.73 Å². The summed E-state index contributed by atoms with van der Waals surface area (Å²) in [5.41, 5.74) is 0.978. The van der Waals surface area contributed by atoms with Crippen molar-refractivity contribution in [1.29, 1.82) is 0 Å². The molecule has 2 rings (SSSR count). The summed E-state index contributed by atoms with van der Waals surface area (Å²) in [5, 5.41) is 3.34. The van der Waals surface area contributed by atoms with Gasteiger partial charge in [0, 0.05) is 46.8 Å². The number of rotatable bonds is 7. The van der Waals surface area contributed by atoms with E-state index >= 15 is 0 Å². The van der Waals surface area contributed by atoms with E-state index in [1.807, 2.05) is 12.1 Å². The second-order valence-corrected chi connectivity index (χ2v) is 8.81. The van der Waals surface area contributed by atoms with Gasteiger partial charge in [-0.05, 0) is 31.0 Å². The molecule has 1 N–H and O–H groups in total. The number of ether oxygens (including phenoxy) is 1. The van der Waals surface area contributed by atoms with E-state index in [0.29, 0.717) is 17.4 Å². The number of benzene rings is 1. The molecule has 9 heteroatoms. The highest BCUT2D eigenvalue weighted by molar-refractivity contribution is 14.0. The van der Waals surface area contributed by atoms with Gasteiger partial charge in [-0.2, -0.15) is 0 Å². The zero-order valence-corrected chi connectivity index (χ0v) is 19.7. The fourth-order valence-corrected chi connectivity index (χ4v) is 3.87. The minimum absolute atomic E-state index is 0. The number of hydrogen-bond acceptors (Lipinski definition) is 4. The third-order valence-electron chi connectivity index (χ3n) is 4.44. The molecule has 154 valence electrons. The van der Waals surface area contributed by atoms with Gasteiger partial charge >= 0.3 is 0 Å². The normalized spacial score (nSPS) is 17.9. The van der Waals surface area contributed by atoms with Gasteiger partial charge in [0.25, 0.3) is 0 Å². The monoisotopic (exact) mass is 510 g/mol. The topological polar surface area (TPSA) is 74.2 Å². The molecule has 1 unspecified atom stereocenters. The van der Waals surface area contributed by atoms with Crippen LogP contribution in [0.2, 0.25) is 0 Å². The summed E-state index contributed by atoms with van der Waals surface area (Å²) in [6, 6.07) is 6.91. The molecular weight excluding hydrogens is 479 g/mol. The Bertz CT molecular complexity index is 708. The Balaban J connectivity index is 0.00000364. The van der Waals surface area contributed by atoms with Crippen molar-refractivity contribution in [2.24, 2.45) is 10.9 Å². The molecule has 7 nitrogen and oxygen atoms in total. The molecule has 1 saturated heterocycles. The lowest BCUT2D eigenvalue weighted by Crippen LogP contribution is -2.40. The first-order chi connectivity index (χ1) is 12.4. The number of methoxy groups -OCH3 is 1. The molecule has 0 bridgehead atoms. The van der Waals surface area contributed by atoms with Crippen LogP contribution in [0.4, 0.5) is 0 Å². The number of guanidine groups is 1. The van der Waals surface area contributed by atoms with E-state index in [1.54, 1.807) is 19.2 Å². The average molecular weight is 510 g/mol. The number of nitrogens with one attached hydrogen (secondary N) is 1. The molecule has 27 heavy (non-hydrogen) atoms. The molecule has 1 atom stereocenters. The predicted molar refractivity (Wildman–Crippen MR) is 119 cm³/mol. The third kappa shape index (κ3) is 6.58. The molecule has 1 fully saturated rings. The first kappa shape index (κ1) is 24.1. The molecule has 0 amide bonds. The maximum absolute atomic E-state index is 12.1. The van der Waals surface area contributed by atoms with Crippen LogP contribution in [-0.2, 0) is 21.3 Å². The molecule has 1 heterocycles. The van der Waals surface area contributed by atoms with E-state index in [0.717, 1.165) is 44.2 Å². The van der Waals surface area contributed by atoms with Gasteiger partial charge in [0.05, 0.1) is 18.0 Å².